The SMILES string of the molecule is C=C(C)N=C/C(=C\CC)CCCC.CC.CCC(=O)CCC(CC)CC. The molecule has 0 bridgehead atoms. The van der Waals surface area contributed by atoms with Crippen LogP contribution in [0, 0.1) is 5.92 Å². The molecule has 0 aliphatic heterocycles. The highest BCUT2D eigenvalue weighted by Gasteiger charge is 2.05. The van der Waals surface area contributed by atoms with Crippen LogP contribution in [0.3, 0.4) is 0 Å². The number of carbonyl (C=O) groups is 1. The molecule has 0 radical (unpaired) electrons. The highest BCUT2D eigenvalue weighted by molar-refractivity contribution is 5.79. The van der Waals surface area contributed by atoms with Crippen molar-refractivity contribution in [1.82, 2.24) is 0 Å². The van der Waals surface area contributed by atoms with Crippen molar-refractivity contribution in [1.29, 1.82) is 0 Å². The molecule has 0 saturated heterocycles. The predicted octanol–water partition coefficient (Wildman–Crippen LogP) is 8.33. The molecule has 0 aromatic carbocycles. The molecule has 0 N–H and O–H groups in total. The van der Waals surface area contributed by atoms with Crippen LogP contribution in [-0.4, -0.2) is 12.0 Å². The van der Waals surface area contributed by atoms with Gasteiger partial charge in [-0.3, -0.25) is 9.79 Å². The van der Waals surface area contributed by atoms with Crippen molar-refractivity contribution in [2.45, 2.75) is 113 Å². The van der Waals surface area contributed by atoms with Crippen LogP contribution in [-0.2, 0) is 4.79 Å². The molecule has 0 heterocycles. The number of carbonyl (C=O) groups excluding carboxylic acids is 1. The van der Waals surface area contributed by atoms with Gasteiger partial charge in [-0.05, 0) is 44.1 Å². The fourth-order valence-electron chi connectivity index (χ4n) is 2.29. The van der Waals surface area contributed by atoms with E-state index in [-0.39, 0.29) is 0 Å². The van der Waals surface area contributed by atoms with Gasteiger partial charge in [0.1, 0.15) is 5.78 Å². The molecule has 26 heavy (non-hydrogen) atoms. The summed E-state index contributed by atoms with van der Waals surface area (Å²) in [6.45, 7) is 20.4. The van der Waals surface area contributed by atoms with Crippen LogP contribution < -0.4 is 0 Å². The first-order valence-corrected chi connectivity index (χ1v) is 10.8. The Hall–Kier alpha value is -1.18. The summed E-state index contributed by atoms with van der Waals surface area (Å²) < 4.78 is 0. The van der Waals surface area contributed by atoms with Crippen molar-refractivity contribution in [3.05, 3.63) is 23.9 Å². The second-order valence-electron chi connectivity index (χ2n) is 6.40. The summed E-state index contributed by atoms with van der Waals surface area (Å²) >= 11 is 0. The van der Waals surface area contributed by atoms with Gasteiger partial charge < -0.3 is 0 Å². The first-order chi connectivity index (χ1) is 12.4. The lowest BCUT2D eigenvalue weighted by Crippen LogP contribution is -2.02. The quantitative estimate of drug-likeness (QED) is 0.320. The molecule has 154 valence electrons. The monoisotopic (exact) mass is 365 g/mol. The minimum atomic E-state index is 0.414. The average Bonchev–Trinajstić information content (AvgIpc) is 2.66. The van der Waals surface area contributed by atoms with Gasteiger partial charge in [0.05, 0.1) is 0 Å². The van der Waals surface area contributed by atoms with E-state index in [4.69, 9.17) is 0 Å². The Balaban J connectivity index is -0.000000375. The Labute approximate surface area is 165 Å². The maximum Gasteiger partial charge on any atom is 0.132 e. The summed E-state index contributed by atoms with van der Waals surface area (Å²) in [4.78, 5) is 15.2. The number of hydrogen-bond acceptors (Lipinski definition) is 2. The Morgan fingerprint density at radius 3 is 2.00 bits per heavy atom. The van der Waals surface area contributed by atoms with Gasteiger partial charge in [0, 0.05) is 24.8 Å². The topological polar surface area (TPSA) is 29.4 Å². The lowest BCUT2D eigenvalue weighted by Gasteiger charge is -2.09. The fourth-order valence-corrected chi connectivity index (χ4v) is 2.29. The van der Waals surface area contributed by atoms with E-state index < -0.39 is 0 Å². The van der Waals surface area contributed by atoms with Gasteiger partial charge in [0.2, 0.25) is 0 Å². The highest BCUT2D eigenvalue weighted by atomic mass is 16.1. The van der Waals surface area contributed by atoms with Crippen molar-refractivity contribution < 1.29 is 4.79 Å². The van der Waals surface area contributed by atoms with Crippen LogP contribution in [0.4, 0.5) is 0 Å². The third kappa shape index (κ3) is 22.8. The normalized spacial score (nSPS) is 10.9. The van der Waals surface area contributed by atoms with Gasteiger partial charge in [0.15, 0.2) is 0 Å². The van der Waals surface area contributed by atoms with Gasteiger partial charge in [-0.15, -0.1) is 0 Å². The van der Waals surface area contributed by atoms with Crippen LogP contribution in [0.5, 0.6) is 0 Å². The van der Waals surface area contributed by atoms with E-state index in [2.05, 4.69) is 45.3 Å². The van der Waals surface area contributed by atoms with Crippen molar-refractivity contribution in [3.63, 3.8) is 0 Å². The molecular weight excluding hydrogens is 318 g/mol. The molecular formula is C24H47NO. The van der Waals surface area contributed by atoms with Crippen LogP contribution in [0.2, 0.25) is 0 Å². The van der Waals surface area contributed by atoms with Crippen molar-refractivity contribution in [2.24, 2.45) is 10.9 Å². The largest absolute Gasteiger partial charge is 0.300 e. The predicted molar refractivity (Wildman–Crippen MR) is 121 cm³/mol. The van der Waals surface area contributed by atoms with Gasteiger partial charge in [-0.2, -0.15) is 0 Å². The number of allylic oxidation sites excluding steroid dienone is 3. The molecule has 2 heteroatoms. The Morgan fingerprint density at radius 1 is 1.04 bits per heavy atom. The summed E-state index contributed by atoms with van der Waals surface area (Å²) in [5, 5.41) is 0. The standard InChI is InChI=1S/C12H21N.C10H20O.C2H6/c1-5-7-9-12(8-6-2)10-13-11(3)4;1-4-9(5-2)7-8-10(11)6-3;1-2/h8,10H,3,5-7,9H2,1-2,4H3;9H,4-8H2,1-3H3;1-2H3/b12-8-,13-10?;;. The number of aliphatic imine (C=N–C) groups is 1. The molecule has 0 amide bonds. The lowest BCUT2D eigenvalue weighted by atomic mass is 9.96. The first kappa shape index (κ1) is 29.6. The summed E-state index contributed by atoms with van der Waals surface area (Å²) in [6, 6.07) is 0. The molecule has 0 aliphatic rings. The molecule has 0 unspecified atom stereocenters. The van der Waals surface area contributed by atoms with Gasteiger partial charge >= 0.3 is 0 Å². The van der Waals surface area contributed by atoms with E-state index >= 15 is 0 Å². The van der Waals surface area contributed by atoms with E-state index in [0.717, 1.165) is 37.3 Å². The van der Waals surface area contributed by atoms with Crippen LogP contribution in [0.15, 0.2) is 28.9 Å². The maximum absolute atomic E-state index is 10.9. The number of Topliss-reactive ketones (excluding diaryl/α,β-unsaturated/α-hetero) is 1. The number of hydrogen-bond donors (Lipinski definition) is 0. The zero-order valence-corrected chi connectivity index (χ0v) is 19.2. The van der Waals surface area contributed by atoms with Crippen LogP contribution in [0.25, 0.3) is 0 Å². The molecule has 0 aliphatic carbocycles. The van der Waals surface area contributed by atoms with Crippen LogP contribution in [0.1, 0.15) is 113 Å². The third-order valence-corrected chi connectivity index (χ3v) is 4.12. The van der Waals surface area contributed by atoms with E-state index in [0.29, 0.717) is 12.2 Å². The highest BCUT2D eigenvalue weighted by Crippen LogP contribution is 2.15. The molecule has 0 aromatic rings. The van der Waals surface area contributed by atoms with Crippen molar-refractivity contribution >= 4 is 12.0 Å². The molecule has 0 rings (SSSR count). The summed E-state index contributed by atoms with van der Waals surface area (Å²) in [6.07, 6.45) is 13.9. The maximum atomic E-state index is 10.9. The zero-order chi connectivity index (χ0) is 20.8. The molecule has 0 aromatic heterocycles. The summed E-state index contributed by atoms with van der Waals surface area (Å²) in [5.41, 5.74) is 2.21. The van der Waals surface area contributed by atoms with Crippen LogP contribution >= 0.6 is 0 Å². The van der Waals surface area contributed by atoms with E-state index in [1.54, 1.807) is 0 Å². The van der Waals surface area contributed by atoms with E-state index in [9.17, 15) is 4.79 Å². The fraction of sp³-hybridized carbons (Fsp3) is 0.750. The number of ketones is 1. The molecule has 2 nitrogen and oxygen atoms in total. The van der Waals surface area contributed by atoms with E-state index in [1.807, 2.05) is 33.9 Å². The summed E-state index contributed by atoms with van der Waals surface area (Å²) in [7, 11) is 0. The smallest absolute Gasteiger partial charge is 0.132 e. The minimum Gasteiger partial charge on any atom is -0.300 e. The Kier molecular flexibility index (Phi) is 27.1. The first-order valence-electron chi connectivity index (χ1n) is 10.8. The third-order valence-electron chi connectivity index (χ3n) is 4.12. The van der Waals surface area contributed by atoms with Crippen molar-refractivity contribution in [3.8, 4) is 0 Å². The summed E-state index contributed by atoms with van der Waals surface area (Å²) in [5.74, 6) is 1.18. The molecule has 0 atom stereocenters. The van der Waals surface area contributed by atoms with Gasteiger partial charge in [0.25, 0.3) is 0 Å². The zero-order valence-electron chi connectivity index (χ0n) is 19.2. The lowest BCUT2D eigenvalue weighted by molar-refractivity contribution is -0.119. The number of nitrogens with zero attached hydrogens (tertiary/aromatic N) is 1. The molecule has 0 fully saturated rings. The van der Waals surface area contributed by atoms with Gasteiger partial charge in [-0.1, -0.05) is 80.4 Å². The Bertz CT molecular complexity index is 376. The van der Waals surface area contributed by atoms with Gasteiger partial charge in [-0.25, -0.2) is 0 Å². The molecule has 0 saturated carbocycles. The minimum absolute atomic E-state index is 0.414. The number of rotatable bonds is 12. The number of unbranched alkanes of at least 4 members (excludes halogenated alkanes) is 1. The van der Waals surface area contributed by atoms with Crippen molar-refractivity contribution in [2.75, 3.05) is 0 Å². The second kappa shape index (κ2) is 23.8. The second-order valence-corrected chi connectivity index (χ2v) is 6.40. The van der Waals surface area contributed by atoms with E-state index in [1.165, 1.54) is 31.3 Å². The molecule has 0 spiro atoms. The Morgan fingerprint density at radius 2 is 1.62 bits per heavy atom. The average molecular weight is 366 g/mol.